The second-order valence-corrected chi connectivity index (χ2v) is 9.09. The number of benzene rings is 2. The Kier molecular flexibility index (Phi) is 5.32. The number of rotatable bonds is 5. The molecule has 2 heterocycles. The van der Waals surface area contributed by atoms with Crippen molar-refractivity contribution in [2.24, 2.45) is 0 Å². The minimum atomic E-state index is -3.67. The van der Waals surface area contributed by atoms with Gasteiger partial charge in [0.05, 0.1) is 18.5 Å². The summed E-state index contributed by atoms with van der Waals surface area (Å²) >= 11 is 6.18. The topological polar surface area (TPSA) is 81.1 Å². The maximum Gasteiger partial charge on any atom is 0.283 e. The van der Waals surface area contributed by atoms with E-state index in [1.54, 1.807) is 12.1 Å². The highest BCUT2D eigenvalue weighted by molar-refractivity contribution is 7.89. The lowest BCUT2D eigenvalue weighted by Crippen LogP contribution is -2.30. The van der Waals surface area contributed by atoms with Crippen molar-refractivity contribution in [2.75, 3.05) is 6.26 Å². The first-order valence-electron chi connectivity index (χ1n) is 9.12. The van der Waals surface area contributed by atoms with E-state index in [1.807, 2.05) is 53.3 Å². The van der Waals surface area contributed by atoms with Crippen molar-refractivity contribution < 1.29 is 13.2 Å². The molecule has 0 aliphatic carbocycles. The lowest BCUT2D eigenvalue weighted by atomic mass is 10.1. The van der Waals surface area contributed by atoms with Gasteiger partial charge in [-0.25, -0.2) is 18.1 Å². The van der Waals surface area contributed by atoms with Gasteiger partial charge in [-0.3, -0.25) is 4.79 Å². The van der Waals surface area contributed by atoms with E-state index in [0.717, 1.165) is 28.4 Å². The van der Waals surface area contributed by atoms with Crippen LogP contribution in [0.5, 0.6) is 0 Å². The standard InChI is InChI=1S/C22H18ClN3O3S/c1-30(28,29)25-22(27)19-9-5-8-18(24-19)14-26-20-11-10-17(23)12-16(20)13-21(26)15-6-3-2-4-7-15/h2-13H,14H2,1H3,(H,25,27). The van der Waals surface area contributed by atoms with Gasteiger partial charge in [0, 0.05) is 21.6 Å². The van der Waals surface area contributed by atoms with Crippen molar-refractivity contribution >= 4 is 38.4 Å². The van der Waals surface area contributed by atoms with Gasteiger partial charge in [-0.2, -0.15) is 0 Å². The maximum absolute atomic E-state index is 12.2. The van der Waals surface area contributed by atoms with Gasteiger partial charge in [-0.05, 0) is 42.0 Å². The Hall–Kier alpha value is -3.16. The molecule has 0 saturated heterocycles. The molecule has 0 atom stereocenters. The van der Waals surface area contributed by atoms with Crippen LogP contribution in [-0.2, 0) is 16.6 Å². The minimum Gasteiger partial charge on any atom is -0.334 e. The lowest BCUT2D eigenvalue weighted by Gasteiger charge is -2.12. The molecule has 1 N–H and O–H groups in total. The van der Waals surface area contributed by atoms with Crippen LogP contribution in [-0.4, -0.2) is 30.1 Å². The van der Waals surface area contributed by atoms with E-state index in [0.29, 0.717) is 17.3 Å². The molecule has 0 radical (unpaired) electrons. The third-order valence-corrected chi connectivity index (χ3v) is 5.36. The number of nitrogens with one attached hydrogen (secondary N) is 1. The van der Waals surface area contributed by atoms with Gasteiger partial charge in [0.2, 0.25) is 10.0 Å². The number of fused-ring (bicyclic) bond motifs is 1. The van der Waals surface area contributed by atoms with Crippen LogP contribution in [0.2, 0.25) is 5.02 Å². The SMILES string of the molecule is CS(=O)(=O)NC(=O)c1cccc(Cn2c(-c3ccccc3)cc3cc(Cl)ccc32)n1. The minimum absolute atomic E-state index is 0.0405. The van der Waals surface area contributed by atoms with Crippen LogP contribution in [0.25, 0.3) is 22.2 Å². The first kappa shape index (κ1) is 20.1. The predicted molar refractivity (Wildman–Crippen MR) is 118 cm³/mol. The molecule has 0 saturated carbocycles. The Morgan fingerprint density at radius 3 is 2.53 bits per heavy atom. The van der Waals surface area contributed by atoms with Crippen molar-refractivity contribution in [1.82, 2.24) is 14.3 Å². The molecule has 0 unspecified atom stereocenters. The quantitative estimate of drug-likeness (QED) is 0.507. The lowest BCUT2D eigenvalue weighted by molar-refractivity contribution is 0.0976. The summed E-state index contributed by atoms with van der Waals surface area (Å²) in [7, 11) is -3.67. The number of carbonyl (C=O) groups is 1. The second-order valence-electron chi connectivity index (χ2n) is 6.90. The molecule has 1 amide bonds. The monoisotopic (exact) mass is 439 g/mol. The van der Waals surface area contributed by atoms with Gasteiger partial charge < -0.3 is 4.57 Å². The molecule has 0 fully saturated rings. The van der Waals surface area contributed by atoms with Crippen LogP contribution in [0.3, 0.4) is 0 Å². The van der Waals surface area contributed by atoms with E-state index >= 15 is 0 Å². The van der Waals surface area contributed by atoms with Crippen molar-refractivity contribution in [1.29, 1.82) is 0 Å². The summed E-state index contributed by atoms with van der Waals surface area (Å²) in [4.78, 5) is 16.5. The molecule has 6 nitrogen and oxygen atoms in total. The third-order valence-electron chi connectivity index (χ3n) is 4.57. The van der Waals surface area contributed by atoms with Gasteiger partial charge in [-0.15, -0.1) is 0 Å². The fourth-order valence-corrected chi connectivity index (χ4v) is 3.96. The second kappa shape index (κ2) is 7.93. The first-order chi connectivity index (χ1) is 14.3. The summed E-state index contributed by atoms with van der Waals surface area (Å²) in [5.74, 6) is -0.758. The zero-order valence-corrected chi connectivity index (χ0v) is 17.6. The average molecular weight is 440 g/mol. The zero-order valence-electron chi connectivity index (χ0n) is 16.0. The van der Waals surface area contributed by atoms with Crippen molar-refractivity contribution in [3.05, 3.63) is 89.2 Å². The molecular weight excluding hydrogens is 422 g/mol. The Balaban J connectivity index is 1.77. The Bertz CT molecular complexity index is 1350. The number of hydrogen-bond acceptors (Lipinski definition) is 4. The van der Waals surface area contributed by atoms with E-state index < -0.39 is 15.9 Å². The summed E-state index contributed by atoms with van der Waals surface area (Å²) in [5.41, 5.74) is 3.67. The number of halogens is 1. The molecule has 0 spiro atoms. The fraction of sp³-hybridized carbons (Fsp3) is 0.0909. The largest absolute Gasteiger partial charge is 0.334 e. The normalized spacial score (nSPS) is 11.5. The fourth-order valence-electron chi connectivity index (χ4n) is 3.34. The molecule has 0 aliphatic rings. The zero-order chi connectivity index (χ0) is 21.3. The van der Waals surface area contributed by atoms with Crippen molar-refractivity contribution in [2.45, 2.75) is 6.54 Å². The van der Waals surface area contributed by atoms with Gasteiger partial charge in [-0.1, -0.05) is 48.0 Å². The smallest absolute Gasteiger partial charge is 0.283 e. The molecule has 0 bridgehead atoms. The Morgan fingerprint density at radius 1 is 1.03 bits per heavy atom. The molecule has 2 aromatic heterocycles. The number of carbonyl (C=O) groups excluding carboxylic acids is 1. The van der Waals surface area contributed by atoms with Crippen LogP contribution in [0, 0.1) is 0 Å². The van der Waals surface area contributed by atoms with Crippen LogP contribution in [0.1, 0.15) is 16.2 Å². The molecule has 4 rings (SSSR count). The number of pyridine rings is 1. The number of sulfonamides is 1. The Labute approximate surface area is 179 Å². The van der Waals surface area contributed by atoms with Crippen LogP contribution >= 0.6 is 11.6 Å². The van der Waals surface area contributed by atoms with Crippen LogP contribution < -0.4 is 4.72 Å². The summed E-state index contributed by atoms with van der Waals surface area (Å²) in [6, 6.07) is 22.7. The highest BCUT2D eigenvalue weighted by atomic mass is 35.5. The van der Waals surface area contributed by atoms with Gasteiger partial charge in [0.1, 0.15) is 5.69 Å². The Morgan fingerprint density at radius 2 is 1.80 bits per heavy atom. The van der Waals surface area contributed by atoms with Crippen LogP contribution in [0.15, 0.2) is 72.8 Å². The average Bonchev–Trinajstić information content (AvgIpc) is 3.05. The highest BCUT2D eigenvalue weighted by Crippen LogP contribution is 2.30. The first-order valence-corrected chi connectivity index (χ1v) is 11.4. The van der Waals surface area contributed by atoms with E-state index in [1.165, 1.54) is 6.07 Å². The summed E-state index contributed by atoms with van der Waals surface area (Å²) in [6.45, 7) is 0.398. The maximum atomic E-state index is 12.2. The molecule has 8 heteroatoms. The summed E-state index contributed by atoms with van der Waals surface area (Å²) in [5, 5.41) is 1.64. The van der Waals surface area contributed by atoms with Gasteiger partial charge in [0.15, 0.2) is 0 Å². The van der Waals surface area contributed by atoms with E-state index in [-0.39, 0.29) is 5.69 Å². The number of hydrogen-bond donors (Lipinski definition) is 1. The predicted octanol–water partition coefficient (Wildman–Crippen LogP) is 4.09. The number of amides is 1. The molecule has 30 heavy (non-hydrogen) atoms. The highest BCUT2D eigenvalue weighted by Gasteiger charge is 2.15. The van der Waals surface area contributed by atoms with E-state index in [2.05, 4.69) is 15.6 Å². The molecule has 152 valence electrons. The number of nitrogens with zero attached hydrogens (tertiary/aromatic N) is 2. The third kappa shape index (κ3) is 4.37. The molecular formula is C22H18ClN3O3S. The van der Waals surface area contributed by atoms with Crippen molar-refractivity contribution in [3.8, 4) is 11.3 Å². The van der Waals surface area contributed by atoms with E-state index in [4.69, 9.17) is 11.6 Å². The van der Waals surface area contributed by atoms with Crippen molar-refractivity contribution in [3.63, 3.8) is 0 Å². The van der Waals surface area contributed by atoms with Crippen LogP contribution in [0.4, 0.5) is 0 Å². The van der Waals surface area contributed by atoms with Gasteiger partial charge in [0.25, 0.3) is 5.91 Å². The molecule has 4 aromatic rings. The van der Waals surface area contributed by atoms with Gasteiger partial charge >= 0.3 is 0 Å². The summed E-state index contributed by atoms with van der Waals surface area (Å²) < 4.78 is 26.8. The van der Waals surface area contributed by atoms with E-state index in [9.17, 15) is 13.2 Å². The summed E-state index contributed by atoms with van der Waals surface area (Å²) in [6.07, 6.45) is 0.929. The number of aromatic nitrogens is 2. The molecule has 0 aliphatic heterocycles. The molecule has 2 aromatic carbocycles.